The first kappa shape index (κ1) is 11.7. The van der Waals surface area contributed by atoms with Crippen molar-refractivity contribution < 1.29 is 9.84 Å². The van der Waals surface area contributed by atoms with Crippen LogP contribution in [0.2, 0.25) is 5.02 Å². The summed E-state index contributed by atoms with van der Waals surface area (Å²) in [5.41, 5.74) is 1.96. The Morgan fingerprint density at radius 2 is 2.25 bits per heavy atom. The summed E-state index contributed by atoms with van der Waals surface area (Å²) >= 11 is 6.05. The van der Waals surface area contributed by atoms with Gasteiger partial charge in [-0.05, 0) is 23.6 Å². The number of fused-ring (bicyclic) bond motifs is 1. The highest BCUT2D eigenvalue weighted by atomic mass is 35.5. The molecule has 1 aromatic rings. The summed E-state index contributed by atoms with van der Waals surface area (Å²) in [6, 6.07) is 3.75. The van der Waals surface area contributed by atoms with E-state index in [1.807, 2.05) is 19.1 Å². The minimum Gasteiger partial charge on any atom is -0.493 e. The predicted octanol–water partition coefficient (Wildman–Crippen LogP) is 3.35. The van der Waals surface area contributed by atoms with Crippen molar-refractivity contribution in [3.8, 4) is 5.75 Å². The molecule has 16 heavy (non-hydrogen) atoms. The summed E-state index contributed by atoms with van der Waals surface area (Å²) in [7, 11) is 0. The third kappa shape index (κ3) is 2.04. The molecule has 0 amide bonds. The molecule has 0 radical (unpaired) electrons. The Bertz CT molecular complexity index is 390. The van der Waals surface area contributed by atoms with Gasteiger partial charge in [-0.2, -0.15) is 0 Å². The van der Waals surface area contributed by atoms with Gasteiger partial charge in [0.15, 0.2) is 0 Å². The Hall–Kier alpha value is -0.730. The minimum atomic E-state index is -0.490. The average molecular weight is 241 g/mol. The number of hydrogen-bond donors (Lipinski definition) is 1. The highest BCUT2D eigenvalue weighted by molar-refractivity contribution is 6.30. The van der Waals surface area contributed by atoms with Crippen molar-refractivity contribution >= 4 is 11.6 Å². The topological polar surface area (TPSA) is 29.5 Å². The molecule has 1 N–H and O–H groups in total. The van der Waals surface area contributed by atoms with Gasteiger partial charge in [-0.15, -0.1) is 0 Å². The fourth-order valence-electron chi connectivity index (χ4n) is 2.05. The van der Waals surface area contributed by atoms with Crippen LogP contribution in [-0.4, -0.2) is 11.7 Å². The molecule has 2 unspecified atom stereocenters. The quantitative estimate of drug-likeness (QED) is 0.878. The van der Waals surface area contributed by atoms with Crippen LogP contribution in [0, 0.1) is 5.92 Å². The number of rotatable bonds is 3. The van der Waals surface area contributed by atoms with Gasteiger partial charge in [0.25, 0.3) is 0 Å². The maximum atomic E-state index is 10.2. The Labute approximate surface area is 101 Å². The summed E-state index contributed by atoms with van der Waals surface area (Å²) in [4.78, 5) is 0. The van der Waals surface area contributed by atoms with E-state index in [4.69, 9.17) is 16.3 Å². The molecule has 1 aromatic carbocycles. The molecule has 1 aliphatic heterocycles. The van der Waals surface area contributed by atoms with Gasteiger partial charge < -0.3 is 9.84 Å². The highest BCUT2D eigenvalue weighted by Gasteiger charge is 2.24. The number of aliphatic hydroxyl groups excluding tert-OH is 1. The molecule has 0 fully saturated rings. The van der Waals surface area contributed by atoms with Crippen molar-refractivity contribution in [3.05, 3.63) is 28.3 Å². The van der Waals surface area contributed by atoms with Crippen molar-refractivity contribution in [1.82, 2.24) is 0 Å². The Morgan fingerprint density at radius 3 is 2.94 bits per heavy atom. The Balaban J connectivity index is 2.40. The van der Waals surface area contributed by atoms with Crippen molar-refractivity contribution in [3.63, 3.8) is 0 Å². The number of aliphatic hydroxyl groups is 1. The molecule has 2 rings (SSSR count). The van der Waals surface area contributed by atoms with Crippen LogP contribution in [0.4, 0.5) is 0 Å². The lowest BCUT2D eigenvalue weighted by molar-refractivity contribution is 0.112. The predicted molar refractivity (Wildman–Crippen MR) is 65.1 cm³/mol. The second-order valence-electron chi connectivity index (χ2n) is 4.41. The molecular weight excluding hydrogens is 224 g/mol. The monoisotopic (exact) mass is 240 g/mol. The van der Waals surface area contributed by atoms with E-state index < -0.39 is 6.10 Å². The number of benzene rings is 1. The van der Waals surface area contributed by atoms with Crippen molar-refractivity contribution in [2.75, 3.05) is 6.61 Å². The summed E-state index contributed by atoms with van der Waals surface area (Å²) in [6.07, 6.45) is 1.33. The second kappa shape index (κ2) is 4.64. The third-order valence-corrected chi connectivity index (χ3v) is 3.50. The summed E-state index contributed by atoms with van der Waals surface area (Å²) in [5, 5.41) is 10.9. The van der Waals surface area contributed by atoms with Crippen LogP contribution in [0.3, 0.4) is 0 Å². The molecule has 2 atom stereocenters. The second-order valence-corrected chi connectivity index (χ2v) is 4.85. The van der Waals surface area contributed by atoms with Gasteiger partial charge in [-0.3, -0.25) is 0 Å². The number of ether oxygens (including phenoxy) is 1. The zero-order valence-corrected chi connectivity index (χ0v) is 10.4. The molecule has 0 spiro atoms. The van der Waals surface area contributed by atoms with E-state index in [-0.39, 0.29) is 5.92 Å². The molecule has 0 aromatic heterocycles. The SMILES string of the molecule is CCC(C)C(O)c1cc(Cl)cc2c1OCC2. The summed E-state index contributed by atoms with van der Waals surface area (Å²) in [5.74, 6) is 1.06. The fourth-order valence-corrected chi connectivity index (χ4v) is 2.30. The summed E-state index contributed by atoms with van der Waals surface area (Å²) in [6.45, 7) is 4.79. The molecule has 1 aliphatic rings. The molecule has 88 valence electrons. The van der Waals surface area contributed by atoms with E-state index in [9.17, 15) is 5.11 Å². The van der Waals surface area contributed by atoms with Gasteiger partial charge in [-0.1, -0.05) is 31.9 Å². The van der Waals surface area contributed by atoms with Crippen LogP contribution in [-0.2, 0) is 6.42 Å². The van der Waals surface area contributed by atoms with E-state index >= 15 is 0 Å². The molecule has 1 heterocycles. The molecule has 0 saturated heterocycles. The normalized spacial score (nSPS) is 17.8. The van der Waals surface area contributed by atoms with Crippen LogP contribution in [0.5, 0.6) is 5.75 Å². The molecule has 0 saturated carbocycles. The van der Waals surface area contributed by atoms with Crippen LogP contribution in [0.15, 0.2) is 12.1 Å². The smallest absolute Gasteiger partial charge is 0.128 e. The van der Waals surface area contributed by atoms with Gasteiger partial charge >= 0.3 is 0 Å². The zero-order chi connectivity index (χ0) is 11.7. The van der Waals surface area contributed by atoms with E-state index in [0.29, 0.717) is 11.6 Å². The number of halogens is 1. The standard InChI is InChI=1S/C13H17ClO2/c1-3-8(2)12(15)11-7-10(14)6-9-4-5-16-13(9)11/h6-8,12,15H,3-5H2,1-2H3. The fraction of sp³-hybridized carbons (Fsp3) is 0.538. The van der Waals surface area contributed by atoms with E-state index in [0.717, 1.165) is 29.7 Å². The van der Waals surface area contributed by atoms with E-state index in [1.54, 1.807) is 0 Å². The van der Waals surface area contributed by atoms with E-state index in [2.05, 4.69) is 6.92 Å². The van der Waals surface area contributed by atoms with E-state index in [1.165, 1.54) is 0 Å². The van der Waals surface area contributed by atoms with Gasteiger partial charge in [0, 0.05) is 17.0 Å². The average Bonchev–Trinajstić information content (AvgIpc) is 2.73. The first-order valence-corrected chi connectivity index (χ1v) is 6.14. The first-order valence-electron chi connectivity index (χ1n) is 5.76. The zero-order valence-electron chi connectivity index (χ0n) is 9.66. The lowest BCUT2D eigenvalue weighted by Gasteiger charge is -2.20. The van der Waals surface area contributed by atoms with Crippen LogP contribution < -0.4 is 4.74 Å². The lowest BCUT2D eigenvalue weighted by atomic mass is 9.93. The van der Waals surface area contributed by atoms with Crippen LogP contribution >= 0.6 is 11.6 Å². The molecular formula is C13H17ClO2. The maximum absolute atomic E-state index is 10.2. The third-order valence-electron chi connectivity index (χ3n) is 3.28. The molecule has 3 heteroatoms. The highest BCUT2D eigenvalue weighted by Crippen LogP contribution is 2.39. The Kier molecular flexibility index (Phi) is 3.41. The van der Waals surface area contributed by atoms with Gasteiger partial charge in [0.1, 0.15) is 5.75 Å². The Morgan fingerprint density at radius 1 is 1.50 bits per heavy atom. The number of hydrogen-bond acceptors (Lipinski definition) is 2. The first-order chi connectivity index (χ1) is 7.63. The molecule has 0 aliphatic carbocycles. The molecule has 2 nitrogen and oxygen atoms in total. The van der Waals surface area contributed by atoms with Gasteiger partial charge in [0.05, 0.1) is 12.7 Å². The summed E-state index contributed by atoms with van der Waals surface area (Å²) < 4.78 is 5.58. The van der Waals surface area contributed by atoms with Crippen molar-refractivity contribution in [2.24, 2.45) is 5.92 Å². The van der Waals surface area contributed by atoms with Gasteiger partial charge in [-0.25, -0.2) is 0 Å². The molecule has 0 bridgehead atoms. The lowest BCUT2D eigenvalue weighted by Crippen LogP contribution is -2.09. The van der Waals surface area contributed by atoms with Crippen molar-refractivity contribution in [1.29, 1.82) is 0 Å². The van der Waals surface area contributed by atoms with Crippen LogP contribution in [0.1, 0.15) is 37.5 Å². The minimum absolute atomic E-state index is 0.215. The largest absolute Gasteiger partial charge is 0.493 e. The van der Waals surface area contributed by atoms with Crippen molar-refractivity contribution in [2.45, 2.75) is 32.8 Å². The van der Waals surface area contributed by atoms with Crippen LogP contribution in [0.25, 0.3) is 0 Å². The maximum Gasteiger partial charge on any atom is 0.128 e. The van der Waals surface area contributed by atoms with Gasteiger partial charge in [0.2, 0.25) is 0 Å².